The maximum atomic E-state index is 12.4. The number of carbonyl (C=O) groups excluding carboxylic acids is 1. The zero-order valence-electron chi connectivity index (χ0n) is 10.5. The molecule has 0 spiro atoms. The molecule has 3 rings (SSSR count). The average Bonchev–Trinajstić information content (AvgIpc) is 2.97. The summed E-state index contributed by atoms with van der Waals surface area (Å²) in [6.07, 6.45) is -0.0154. The van der Waals surface area contributed by atoms with Gasteiger partial charge in [-0.25, -0.2) is 9.97 Å². The average molecular weight is 286 g/mol. The van der Waals surface area contributed by atoms with Crippen LogP contribution in [0.4, 0.5) is 19.0 Å². The molecule has 0 radical (unpaired) electrons. The molecule has 1 N–H and O–H groups in total. The molecule has 2 heterocycles. The number of amides is 1. The van der Waals surface area contributed by atoms with Gasteiger partial charge in [-0.15, -0.1) is 0 Å². The third-order valence-electron chi connectivity index (χ3n) is 3.93. The zero-order valence-corrected chi connectivity index (χ0v) is 10.5. The summed E-state index contributed by atoms with van der Waals surface area (Å²) in [5.74, 6) is 0.770. The summed E-state index contributed by atoms with van der Waals surface area (Å²) in [4.78, 5) is 19.7. The SMILES string of the molecule is O=CN1C[C@H]2C[C@@H](Nc3cnc(C(F)(F)F)cn3)[C@@H]1C2. The summed E-state index contributed by atoms with van der Waals surface area (Å²) in [7, 11) is 0. The molecule has 20 heavy (non-hydrogen) atoms. The van der Waals surface area contributed by atoms with Crippen molar-refractivity contribution in [1.29, 1.82) is 0 Å². The maximum absolute atomic E-state index is 12.4. The van der Waals surface area contributed by atoms with Crippen LogP contribution in [0, 0.1) is 5.92 Å². The summed E-state index contributed by atoms with van der Waals surface area (Å²) in [6, 6.07) is 0.131. The van der Waals surface area contributed by atoms with Crippen LogP contribution in [0.2, 0.25) is 0 Å². The van der Waals surface area contributed by atoms with Crippen molar-refractivity contribution in [2.45, 2.75) is 31.1 Å². The van der Waals surface area contributed by atoms with Gasteiger partial charge >= 0.3 is 6.18 Å². The Morgan fingerprint density at radius 3 is 2.65 bits per heavy atom. The lowest BCUT2D eigenvalue weighted by molar-refractivity contribution is -0.141. The van der Waals surface area contributed by atoms with Crippen LogP contribution in [0.1, 0.15) is 18.5 Å². The van der Waals surface area contributed by atoms with Gasteiger partial charge in [0.25, 0.3) is 0 Å². The predicted octanol–water partition coefficient (Wildman–Crippen LogP) is 1.53. The van der Waals surface area contributed by atoms with Crippen molar-refractivity contribution in [1.82, 2.24) is 14.9 Å². The lowest BCUT2D eigenvalue weighted by atomic mass is 10.1. The Labute approximate surface area is 113 Å². The number of hydrogen-bond acceptors (Lipinski definition) is 4. The summed E-state index contributed by atoms with van der Waals surface area (Å²) in [5, 5.41) is 3.07. The Balaban J connectivity index is 1.68. The Morgan fingerprint density at radius 1 is 1.30 bits per heavy atom. The minimum atomic E-state index is -4.48. The van der Waals surface area contributed by atoms with Crippen molar-refractivity contribution in [2.24, 2.45) is 5.92 Å². The number of likely N-dealkylation sites (tertiary alicyclic amines) is 1. The third-order valence-corrected chi connectivity index (χ3v) is 3.93. The second-order valence-electron chi connectivity index (χ2n) is 5.24. The van der Waals surface area contributed by atoms with Gasteiger partial charge in [-0.1, -0.05) is 0 Å². The van der Waals surface area contributed by atoms with E-state index in [9.17, 15) is 18.0 Å². The first kappa shape index (κ1) is 13.1. The van der Waals surface area contributed by atoms with Crippen LogP contribution in [0.3, 0.4) is 0 Å². The highest BCUT2D eigenvalue weighted by molar-refractivity contribution is 5.50. The Kier molecular flexibility index (Phi) is 3.02. The summed E-state index contributed by atoms with van der Waals surface area (Å²) in [6.45, 7) is 0.769. The molecule has 1 aliphatic carbocycles. The molecule has 1 saturated carbocycles. The maximum Gasteiger partial charge on any atom is 0.434 e. The quantitative estimate of drug-likeness (QED) is 0.856. The van der Waals surface area contributed by atoms with E-state index in [2.05, 4.69) is 15.3 Å². The number of aromatic nitrogens is 2. The summed E-state index contributed by atoms with van der Waals surface area (Å²) in [5.41, 5.74) is -1.01. The van der Waals surface area contributed by atoms with E-state index in [1.807, 2.05) is 0 Å². The molecular formula is C12H13F3N4O. The fourth-order valence-corrected chi connectivity index (χ4v) is 3.08. The van der Waals surface area contributed by atoms with E-state index in [-0.39, 0.29) is 12.1 Å². The molecule has 1 aliphatic heterocycles. The fraction of sp³-hybridized carbons (Fsp3) is 0.583. The number of piperidine rings is 1. The number of alkyl halides is 3. The number of hydrogen-bond donors (Lipinski definition) is 1. The number of nitrogens with zero attached hydrogens (tertiary/aromatic N) is 3. The number of rotatable bonds is 3. The topological polar surface area (TPSA) is 58.1 Å². The van der Waals surface area contributed by atoms with Crippen molar-refractivity contribution in [3.63, 3.8) is 0 Å². The molecule has 1 saturated heterocycles. The van der Waals surface area contributed by atoms with Gasteiger partial charge in [0.2, 0.25) is 6.41 Å². The minimum absolute atomic E-state index is 0.0324. The number of halogens is 3. The molecule has 1 aromatic heterocycles. The molecule has 1 amide bonds. The Bertz CT molecular complexity index is 504. The molecular weight excluding hydrogens is 273 g/mol. The lowest BCUT2D eigenvalue weighted by Crippen LogP contribution is -2.44. The van der Waals surface area contributed by atoms with Crippen LogP contribution in [0.5, 0.6) is 0 Å². The first-order valence-electron chi connectivity index (χ1n) is 6.34. The molecule has 1 aromatic rings. The highest BCUT2D eigenvalue weighted by atomic mass is 19.4. The fourth-order valence-electron chi connectivity index (χ4n) is 3.08. The van der Waals surface area contributed by atoms with Gasteiger partial charge in [0, 0.05) is 12.6 Å². The van der Waals surface area contributed by atoms with Gasteiger partial charge in [-0.05, 0) is 18.8 Å². The zero-order chi connectivity index (χ0) is 14.3. The van der Waals surface area contributed by atoms with Crippen molar-refractivity contribution in [3.8, 4) is 0 Å². The van der Waals surface area contributed by atoms with Gasteiger partial charge < -0.3 is 10.2 Å². The normalized spacial score (nSPS) is 28.8. The molecule has 2 aliphatic rings. The van der Waals surface area contributed by atoms with Crippen LogP contribution in [-0.2, 0) is 11.0 Å². The van der Waals surface area contributed by atoms with E-state index in [0.717, 1.165) is 32.0 Å². The van der Waals surface area contributed by atoms with Crippen LogP contribution >= 0.6 is 0 Å². The molecule has 0 unspecified atom stereocenters. The van der Waals surface area contributed by atoms with E-state index in [0.29, 0.717) is 17.9 Å². The second kappa shape index (κ2) is 4.60. The first-order chi connectivity index (χ1) is 9.47. The lowest BCUT2D eigenvalue weighted by Gasteiger charge is -2.31. The van der Waals surface area contributed by atoms with Crippen LogP contribution in [0.25, 0.3) is 0 Å². The van der Waals surface area contributed by atoms with Gasteiger partial charge in [0.15, 0.2) is 5.69 Å². The van der Waals surface area contributed by atoms with Gasteiger partial charge in [-0.2, -0.15) is 13.2 Å². The Morgan fingerprint density at radius 2 is 2.10 bits per heavy atom. The Hall–Kier alpha value is -1.86. The van der Waals surface area contributed by atoms with Gasteiger partial charge in [0.1, 0.15) is 5.82 Å². The predicted molar refractivity (Wildman–Crippen MR) is 63.7 cm³/mol. The molecule has 5 nitrogen and oxygen atoms in total. The smallest absolute Gasteiger partial charge is 0.364 e. The third kappa shape index (κ3) is 2.30. The highest BCUT2D eigenvalue weighted by Crippen LogP contribution is 2.38. The van der Waals surface area contributed by atoms with Crippen LogP contribution < -0.4 is 5.32 Å². The minimum Gasteiger partial charge on any atom is -0.364 e. The monoisotopic (exact) mass is 286 g/mol. The van der Waals surface area contributed by atoms with Crippen LogP contribution in [-0.4, -0.2) is 39.9 Å². The number of anilines is 1. The molecule has 108 valence electrons. The van der Waals surface area contributed by atoms with Crippen molar-refractivity contribution in [3.05, 3.63) is 18.1 Å². The van der Waals surface area contributed by atoms with Crippen molar-refractivity contribution in [2.75, 3.05) is 11.9 Å². The largest absolute Gasteiger partial charge is 0.434 e. The number of nitrogens with one attached hydrogen (secondary N) is 1. The van der Waals surface area contributed by atoms with E-state index >= 15 is 0 Å². The van der Waals surface area contributed by atoms with Crippen LogP contribution in [0.15, 0.2) is 12.4 Å². The highest BCUT2D eigenvalue weighted by Gasteiger charge is 2.44. The number of carbonyl (C=O) groups is 1. The van der Waals surface area contributed by atoms with E-state index in [1.165, 1.54) is 0 Å². The first-order valence-corrected chi connectivity index (χ1v) is 6.34. The molecule has 3 atom stereocenters. The molecule has 8 heteroatoms. The molecule has 2 bridgehead atoms. The summed E-state index contributed by atoms with van der Waals surface area (Å²) >= 11 is 0. The van der Waals surface area contributed by atoms with E-state index in [4.69, 9.17) is 0 Å². The second-order valence-corrected chi connectivity index (χ2v) is 5.24. The molecule has 0 aromatic carbocycles. The summed E-state index contributed by atoms with van der Waals surface area (Å²) < 4.78 is 37.1. The van der Waals surface area contributed by atoms with E-state index < -0.39 is 11.9 Å². The van der Waals surface area contributed by atoms with Gasteiger partial charge in [-0.3, -0.25) is 4.79 Å². The molecule has 2 fully saturated rings. The number of fused-ring (bicyclic) bond motifs is 2. The van der Waals surface area contributed by atoms with Crippen molar-refractivity contribution >= 4 is 12.2 Å². The standard InChI is InChI=1S/C12H13F3N4O/c13-12(14,15)10-3-17-11(4-16-10)18-8-1-7-2-9(8)19(5-7)6-20/h3-4,6-9H,1-2,5H2,(H,17,18)/t7-,8+,9-/m0/s1. The van der Waals surface area contributed by atoms with Crippen molar-refractivity contribution < 1.29 is 18.0 Å². The van der Waals surface area contributed by atoms with Gasteiger partial charge in [0.05, 0.1) is 18.4 Å². The van der Waals surface area contributed by atoms with E-state index in [1.54, 1.807) is 4.90 Å².